The highest BCUT2D eigenvalue weighted by molar-refractivity contribution is 5.86. The summed E-state index contributed by atoms with van der Waals surface area (Å²) in [4.78, 5) is 33.9. The zero-order valence-electron chi connectivity index (χ0n) is 14.0. The van der Waals surface area contributed by atoms with Gasteiger partial charge in [0.15, 0.2) is 11.5 Å². The van der Waals surface area contributed by atoms with E-state index in [1.807, 2.05) is 0 Å². The summed E-state index contributed by atoms with van der Waals surface area (Å²) in [5.74, 6) is -4.04. The second kappa shape index (κ2) is 7.56. The van der Waals surface area contributed by atoms with Crippen molar-refractivity contribution in [3.05, 3.63) is 34.2 Å². The van der Waals surface area contributed by atoms with Gasteiger partial charge in [0.05, 0.1) is 14.2 Å². The summed E-state index contributed by atoms with van der Waals surface area (Å²) >= 11 is 0. The maximum atomic E-state index is 12.3. The smallest absolute Gasteiger partial charge is 0.490 e. The number of alkyl halides is 3. The first-order valence-corrected chi connectivity index (χ1v) is 7.26. The number of carboxylic acid groups (broad SMARTS) is 1. The number of ether oxygens (including phenoxy) is 3. The minimum Gasteiger partial charge on any atom is -0.493 e. The van der Waals surface area contributed by atoms with Crippen molar-refractivity contribution >= 4 is 22.9 Å². The first kappa shape index (κ1) is 20.1. The number of benzene rings is 1. The molecule has 0 aliphatic rings. The fourth-order valence-corrected chi connectivity index (χ4v) is 2.30. The fraction of sp³-hybridized carbons (Fsp3) is 0.312. The van der Waals surface area contributed by atoms with Crippen molar-refractivity contribution < 1.29 is 46.5 Å². The van der Waals surface area contributed by atoms with Crippen LogP contribution in [0.3, 0.4) is 0 Å². The Balaban J connectivity index is 2.51. The van der Waals surface area contributed by atoms with Gasteiger partial charge in [0, 0.05) is 23.9 Å². The Morgan fingerprint density at radius 2 is 1.74 bits per heavy atom. The van der Waals surface area contributed by atoms with Crippen molar-refractivity contribution in [1.29, 1.82) is 0 Å². The van der Waals surface area contributed by atoms with Crippen LogP contribution in [0.1, 0.15) is 5.56 Å². The molecule has 8 nitrogen and oxygen atoms in total. The summed E-state index contributed by atoms with van der Waals surface area (Å²) < 4.78 is 56.2. The maximum absolute atomic E-state index is 12.3. The van der Waals surface area contributed by atoms with Gasteiger partial charge in [0.25, 0.3) is 0 Å². The van der Waals surface area contributed by atoms with E-state index in [4.69, 9.17) is 19.0 Å². The Hall–Kier alpha value is -3.24. The highest BCUT2D eigenvalue weighted by Gasteiger charge is 2.43. The minimum absolute atomic E-state index is 0.00965. The van der Waals surface area contributed by atoms with Crippen LogP contribution in [0.5, 0.6) is 11.5 Å². The van der Waals surface area contributed by atoms with Gasteiger partial charge in [-0.05, 0) is 11.6 Å². The zero-order chi connectivity index (χ0) is 20.4. The molecule has 0 aliphatic heterocycles. The van der Waals surface area contributed by atoms with Gasteiger partial charge in [-0.15, -0.1) is 0 Å². The number of carbonyl (C=O) groups is 2. The van der Waals surface area contributed by atoms with E-state index in [0.29, 0.717) is 0 Å². The SMILES string of the molecule is COc1cc2oc(=O)cc(C[C@H](OC(=O)C(F)(F)F)C(=O)O)c2cc1OC. The number of esters is 1. The molecule has 0 saturated carbocycles. The van der Waals surface area contributed by atoms with Crippen LogP contribution in [-0.4, -0.2) is 43.5 Å². The Morgan fingerprint density at radius 3 is 2.26 bits per heavy atom. The van der Waals surface area contributed by atoms with E-state index < -0.39 is 36.3 Å². The van der Waals surface area contributed by atoms with E-state index in [9.17, 15) is 27.6 Å². The predicted molar refractivity (Wildman–Crippen MR) is 82.9 cm³/mol. The largest absolute Gasteiger partial charge is 0.493 e. The lowest BCUT2D eigenvalue weighted by molar-refractivity contribution is -0.207. The van der Waals surface area contributed by atoms with Gasteiger partial charge < -0.3 is 23.7 Å². The Morgan fingerprint density at radius 1 is 1.15 bits per heavy atom. The molecule has 1 heterocycles. The Kier molecular flexibility index (Phi) is 5.62. The molecule has 146 valence electrons. The number of carbonyl (C=O) groups excluding carboxylic acids is 1. The number of hydrogen-bond acceptors (Lipinski definition) is 7. The monoisotopic (exact) mass is 390 g/mol. The molecule has 2 aromatic rings. The van der Waals surface area contributed by atoms with Crippen molar-refractivity contribution in [1.82, 2.24) is 0 Å². The molecule has 0 spiro atoms. The van der Waals surface area contributed by atoms with Crippen molar-refractivity contribution in [3.63, 3.8) is 0 Å². The summed E-state index contributed by atoms with van der Waals surface area (Å²) in [6, 6.07) is 3.55. The van der Waals surface area contributed by atoms with Crippen LogP contribution in [0.2, 0.25) is 0 Å². The highest BCUT2D eigenvalue weighted by Crippen LogP contribution is 2.33. The first-order valence-electron chi connectivity index (χ1n) is 7.26. The molecule has 2 rings (SSSR count). The molecule has 1 N–H and O–H groups in total. The van der Waals surface area contributed by atoms with Gasteiger partial charge in [0.1, 0.15) is 5.58 Å². The lowest BCUT2D eigenvalue weighted by Crippen LogP contribution is -2.35. The summed E-state index contributed by atoms with van der Waals surface area (Å²) in [5, 5.41) is 9.26. The fourth-order valence-electron chi connectivity index (χ4n) is 2.30. The molecule has 27 heavy (non-hydrogen) atoms. The molecule has 0 radical (unpaired) electrons. The third-order valence-electron chi connectivity index (χ3n) is 3.50. The molecule has 1 aromatic heterocycles. The number of carboxylic acids is 1. The van der Waals surface area contributed by atoms with Crippen LogP contribution in [0, 0.1) is 0 Å². The van der Waals surface area contributed by atoms with Gasteiger partial charge in [-0.1, -0.05) is 0 Å². The van der Waals surface area contributed by atoms with Crippen LogP contribution >= 0.6 is 0 Å². The molecular weight excluding hydrogens is 377 g/mol. The first-order chi connectivity index (χ1) is 12.6. The van der Waals surface area contributed by atoms with E-state index in [1.54, 1.807) is 0 Å². The van der Waals surface area contributed by atoms with E-state index in [1.165, 1.54) is 26.4 Å². The Labute approximate surface area is 149 Å². The molecule has 0 bridgehead atoms. The summed E-state index contributed by atoms with van der Waals surface area (Å²) in [6.45, 7) is 0. The maximum Gasteiger partial charge on any atom is 0.490 e. The number of rotatable bonds is 6. The van der Waals surface area contributed by atoms with E-state index in [2.05, 4.69) is 4.74 Å². The molecular formula is C16H13F3O8. The van der Waals surface area contributed by atoms with E-state index in [-0.39, 0.29) is 28.0 Å². The molecule has 1 aromatic carbocycles. The molecule has 1 atom stereocenters. The number of halogens is 3. The van der Waals surface area contributed by atoms with Crippen LogP contribution < -0.4 is 15.1 Å². The number of hydrogen-bond donors (Lipinski definition) is 1. The van der Waals surface area contributed by atoms with Gasteiger partial charge in [-0.2, -0.15) is 13.2 Å². The molecule has 0 aliphatic carbocycles. The standard InChI is InChI=1S/C16H13F3O8/c1-24-10-5-8-7(4-13(20)26-9(8)6-11(10)25-2)3-12(14(21)22)27-15(23)16(17,18)19/h4-6,12H,3H2,1-2H3,(H,21,22)/t12-/m0/s1. The zero-order valence-corrected chi connectivity index (χ0v) is 14.0. The quantitative estimate of drug-likeness (QED) is 0.588. The van der Waals surface area contributed by atoms with Crippen molar-refractivity contribution in [2.45, 2.75) is 18.7 Å². The third kappa shape index (κ3) is 4.49. The molecule has 11 heteroatoms. The summed E-state index contributed by atoms with van der Waals surface area (Å²) in [7, 11) is 2.66. The van der Waals surface area contributed by atoms with Crippen LogP contribution in [0.4, 0.5) is 13.2 Å². The van der Waals surface area contributed by atoms with Gasteiger partial charge in [-0.25, -0.2) is 14.4 Å². The second-order valence-electron chi connectivity index (χ2n) is 5.23. The molecule has 0 fully saturated rings. The summed E-state index contributed by atoms with van der Waals surface area (Å²) in [5.41, 5.74) is -0.901. The normalized spacial score (nSPS) is 12.5. The van der Waals surface area contributed by atoms with Gasteiger partial charge in [-0.3, -0.25) is 0 Å². The summed E-state index contributed by atoms with van der Waals surface area (Å²) in [6.07, 6.45) is -8.23. The van der Waals surface area contributed by atoms with E-state index in [0.717, 1.165) is 6.07 Å². The molecule has 0 saturated heterocycles. The lowest BCUT2D eigenvalue weighted by Gasteiger charge is -2.16. The minimum atomic E-state index is -5.36. The Bertz CT molecular complexity index is 932. The lowest BCUT2D eigenvalue weighted by atomic mass is 10.0. The van der Waals surface area contributed by atoms with Gasteiger partial charge >= 0.3 is 23.7 Å². The number of methoxy groups -OCH3 is 2. The average Bonchev–Trinajstić information content (AvgIpc) is 2.58. The van der Waals surface area contributed by atoms with Crippen LogP contribution in [-0.2, 0) is 20.7 Å². The second-order valence-corrected chi connectivity index (χ2v) is 5.23. The topological polar surface area (TPSA) is 112 Å². The van der Waals surface area contributed by atoms with Crippen LogP contribution in [0.15, 0.2) is 27.4 Å². The van der Waals surface area contributed by atoms with Gasteiger partial charge in [0.2, 0.25) is 6.10 Å². The number of fused-ring (bicyclic) bond motifs is 1. The predicted octanol–water partition coefficient (Wildman–Crippen LogP) is 1.91. The molecule has 0 amide bonds. The number of aliphatic carboxylic acids is 1. The third-order valence-corrected chi connectivity index (χ3v) is 3.50. The van der Waals surface area contributed by atoms with E-state index >= 15 is 0 Å². The average molecular weight is 390 g/mol. The van der Waals surface area contributed by atoms with Crippen molar-refractivity contribution in [2.24, 2.45) is 0 Å². The van der Waals surface area contributed by atoms with Crippen LogP contribution in [0.25, 0.3) is 11.0 Å². The highest BCUT2D eigenvalue weighted by atomic mass is 19.4. The molecule has 0 unspecified atom stereocenters. The van der Waals surface area contributed by atoms with Crippen molar-refractivity contribution in [3.8, 4) is 11.5 Å². The van der Waals surface area contributed by atoms with Crippen molar-refractivity contribution in [2.75, 3.05) is 14.2 Å².